The number of carbonyl (C=O) groups excluding carboxylic acids is 1. The van der Waals surface area contributed by atoms with E-state index in [1.54, 1.807) is 12.3 Å². The molecule has 3 heterocycles. The Morgan fingerprint density at radius 1 is 1.09 bits per heavy atom. The maximum Gasteiger partial charge on any atom is 0.471 e. The fraction of sp³-hybridized carbons (Fsp3) is 0.333. The van der Waals surface area contributed by atoms with E-state index >= 15 is 0 Å². The molecule has 0 atom stereocenters. The molecule has 1 amide bonds. The van der Waals surface area contributed by atoms with E-state index in [1.165, 1.54) is 24.3 Å². The number of nitrogens with zero attached hydrogens (tertiary/aromatic N) is 5. The van der Waals surface area contributed by atoms with E-state index in [2.05, 4.69) is 24.5 Å². The average molecular weight is 465 g/mol. The summed E-state index contributed by atoms with van der Waals surface area (Å²) in [5, 5.41) is 3.18. The molecule has 0 saturated carbocycles. The lowest BCUT2D eigenvalue weighted by atomic mass is 10.1. The van der Waals surface area contributed by atoms with Crippen molar-refractivity contribution in [2.45, 2.75) is 32.2 Å². The van der Waals surface area contributed by atoms with Crippen molar-refractivity contribution in [1.29, 1.82) is 0 Å². The van der Waals surface area contributed by atoms with E-state index in [-0.39, 0.29) is 23.1 Å². The second-order valence-electron chi connectivity index (χ2n) is 7.41. The van der Waals surface area contributed by atoms with Crippen LogP contribution in [0.1, 0.15) is 29.9 Å². The Kier molecular flexibility index (Phi) is 6.43. The third-order valence-corrected chi connectivity index (χ3v) is 5.00. The van der Waals surface area contributed by atoms with Crippen molar-refractivity contribution in [3.63, 3.8) is 0 Å². The highest BCUT2D eigenvalue weighted by Gasteiger charge is 2.38. The van der Waals surface area contributed by atoms with Gasteiger partial charge in [-0.2, -0.15) is 18.2 Å². The van der Waals surface area contributed by atoms with Gasteiger partial charge in [0.25, 0.3) is 0 Å². The molecular weight excluding hydrogens is 446 g/mol. The quantitative estimate of drug-likeness (QED) is 0.383. The van der Waals surface area contributed by atoms with Gasteiger partial charge in [-0.05, 0) is 24.5 Å². The van der Waals surface area contributed by atoms with Crippen molar-refractivity contribution in [3.05, 3.63) is 59.6 Å². The zero-order valence-electron chi connectivity index (χ0n) is 17.3. The molecule has 0 bridgehead atoms. The van der Waals surface area contributed by atoms with Crippen molar-refractivity contribution in [3.8, 4) is 11.4 Å². The molecule has 1 aliphatic rings. The predicted molar refractivity (Wildman–Crippen MR) is 107 cm³/mol. The number of alkyl halides is 3. The smallest absolute Gasteiger partial charge is 0.443 e. The van der Waals surface area contributed by atoms with E-state index in [1.807, 2.05) is 6.07 Å². The summed E-state index contributed by atoms with van der Waals surface area (Å²) < 4.78 is 61.0. The van der Waals surface area contributed by atoms with E-state index < -0.39 is 24.7 Å². The maximum absolute atomic E-state index is 14.2. The summed E-state index contributed by atoms with van der Waals surface area (Å²) in [5.41, 5.74) is 1.26. The van der Waals surface area contributed by atoms with Crippen molar-refractivity contribution < 1.29 is 31.7 Å². The predicted octanol–water partition coefficient (Wildman–Crippen LogP) is 4.77. The molecule has 1 saturated heterocycles. The average Bonchev–Trinajstić information content (AvgIpc) is 3.51. The molecule has 33 heavy (non-hydrogen) atoms. The Morgan fingerprint density at radius 3 is 2.39 bits per heavy atom. The van der Waals surface area contributed by atoms with Crippen molar-refractivity contribution in [2.75, 3.05) is 18.0 Å². The summed E-state index contributed by atoms with van der Waals surface area (Å²) in [6, 6.07) is 9.27. The zero-order valence-corrected chi connectivity index (χ0v) is 17.3. The van der Waals surface area contributed by atoms with Crippen LogP contribution in [0.25, 0.3) is 11.4 Å². The van der Waals surface area contributed by atoms with E-state index in [9.17, 15) is 22.4 Å². The Bertz CT molecular complexity index is 1080. The van der Waals surface area contributed by atoms with Crippen LogP contribution in [-0.4, -0.2) is 39.4 Å². The Labute approximate surface area is 185 Å². The van der Waals surface area contributed by atoms with Crippen LogP contribution in [0.3, 0.4) is 0 Å². The highest BCUT2D eigenvalue weighted by molar-refractivity contribution is 5.66. The topological polar surface area (TPSA) is 84.6 Å². The summed E-state index contributed by atoms with van der Waals surface area (Å²) in [6.45, 7) is 1.38. The molecule has 0 unspecified atom stereocenters. The first kappa shape index (κ1) is 22.5. The first-order valence-electron chi connectivity index (χ1n) is 10.1. The summed E-state index contributed by atoms with van der Waals surface area (Å²) in [5.74, 6) is -0.858. The van der Waals surface area contributed by atoms with Crippen molar-refractivity contribution >= 4 is 11.9 Å². The standard InChI is InChI=1S/C21H19F4N5O3/c22-21(23,24)19-27-18(28-33-19)16-6-3-14(4-7-16)12-30(25)20(31)32-13-15-5-8-17(26-11-15)29-9-1-2-10-29/h3-8,11H,1-2,9-10,12-13H2. The van der Waals surface area contributed by atoms with Crippen LogP contribution in [0.5, 0.6) is 0 Å². The molecule has 2 aromatic heterocycles. The van der Waals surface area contributed by atoms with Gasteiger partial charge in [-0.25, -0.2) is 9.78 Å². The summed E-state index contributed by atoms with van der Waals surface area (Å²) in [4.78, 5) is 21.7. The van der Waals surface area contributed by atoms with Gasteiger partial charge in [0.05, 0.1) is 6.54 Å². The fourth-order valence-corrected chi connectivity index (χ4v) is 3.29. The van der Waals surface area contributed by atoms with Gasteiger partial charge in [0.2, 0.25) is 5.82 Å². The number of hydrogen-bond acceptors (Lipinski definition) is 7. The highest BCUT2D eigenvalue weighted by atomic mass is 19.4. The van der Waals surface area contributed by atoms with Crippen LogP contribution >= 0.6 is 0 Å². The van der Waals surface area contributed by atoms with E-state index in [4.69, 9.17) is 4.74 Å². The molecule has 1 fully saturated rings. The molecule has 0 radical (unpaired) electrons. The zero-order chi connectivity index (χ0) is 23.4. The van der Waals surface area contributed by atoms with Crippen LogP contribution in [0, 0.1) is 0 Å². The van der Waals surface area contributed by atoms with Gasteiger partial charge in [0, 0.05) is 30.4 Å². The first-order chi connectivity index (χ1) is 15.8. The summed E-state index contributed by atoms with van der Waals surface area (Å²) in [6.07, 6.45) is -2.06. The molecule has 1 aromatic carbocycles. The minimum Gasteiger partial charge on any atom is -0.443 e. The lowest BCUT2D eigenvalue weighted by Gasteiger charge is -2.16. The van der Waals surface area contributed by atoms with Gasteiger partial charge in [0.15, 0.2) is 0 Å². The number of carbonyl (C=O) groups is 1. The number of pyridine rings is 1. The molecule has 8 nitrogen and oxygen atoms in total. The molecule has 0 spiro atoms. The Morgan fingerprint density at radius 2 is 1.79 bits per heavy atom. The highest BCUT2D eigenvalue weighted by Crippen LogP contribution is 2.29. The molecule has 3 aromatic rings. The second-order valence-corrected chi connectivity index (χ2v) is 7.41. The van der Waals surface area contributed by atoms with Gasteiger partial charge >= 0.3 is 18.2 Å². The van der Waals surface area contributed by atoms with Gasteiger partial charge < -0.3 is 14.2 Å². The number of ether oxygens (including phenoxy) is 1. The lowest BCUT2D eigenvalue weighted by Crippen LogP contribution is -2.23. The minimum atomic E-state index is -4.74. The normalized spacial score (nSPS) is 13.9. The van der Waals surface area contributed by atoms with Crippen LogP contribution in [0.4, 0.5) is 28.3 Å². The summed E-state index contributed by atoms with van der Waals surface area (Å²) in [7, 11) is 0. The number of aromatic nitrogens is 3. The third kappa shape index (κ3) is 5.57. The maximum atomic E-state index is 14.2. The number of hydrogen-bond donors (Lipinski definition) is 0. The van der Waals surface area contributed by atoms with E-state index in [0.29, 0.717) is 11.1 Å². The number of anilines is 1. The SMILES string of the molecule is O=C(OCc1ccc(N2CCCC2)nc1)N(F)Cc1ccc(-c2noc(C(F)(F)F)n2)cc1. The molecule has 0 N–H and O–H groups in total. The van der Waals surface area contributed by atoms with Crippen LogP contribution in [0.2, 0.25) is 0 Å². The van der Waals surface area contributed by atoms with Gasteiger partial charge in [-0.1, -0.05) is 40.0 Å². The van der Waals surface area contributed by atoms with Gasteiger partial charge in [-0.15, -0.1) is 5.12 Å². The Hall–Kier alpha value is -3.70. The molecule has 0 aliphatic carbocycles. The largest absolute Gasteiger partial charge is 0.471 e. The molecule has 4 rings (SSSR count). The number of benzene rings is 1. The molecule has 12 heteroatoms. The Balaban J connectivity index is 1.28. The number of halogens is 4. The second kappa shape index (κ2) is 9.43. The van der Waals surface area contributed by atoms with Crippen LogP contribution < -0.4 is 4.90 Å². The van der Waals surface area contributed by atoms with Gasteiger partial charge in [-0.3, -0.25) is 0 Å². The third-order valence-electron chi connectivity index (χ3n) is 5.00. The summed E-state index contributed by atoms with van der Waals surface area (Å²) >= 11 is 0. The lowest BCUT2D eigenvalue weighted by molar-refractivity contribution is -0.159. The molecule has 1 aliphatic heterocycles. The molecule has 174 valence electrons. The monoisotopic (exact) mass is 465 g/mol. The minimum absolute atomic E-state index is 0.100. The number of amides is 1. The van der Waals surface area contributed by atoms with Crippen molar-refractivity contribution in [1.82, 2.24) is 20.2 Å². The number of rotatable bonds is 6. The van der Waals surface area contributed by atoms with Crippen LogP contribution in [-0.2, 0) is 24.1 Å². The fourth-order valence-electron chi connectivity index (χ4n) is 3.29. The van der Waals surface area contributed by atoms with Crippen LogP contribution in [0.15, 0.2) is 47.1 Å². The van der Waals surface area contributed by atoms with Crippen molar-refractivity contribution in [2.24, 2.45) is 0 Å². The van der Waals surface area contributed by atoms with Gasteiger partial charge in [0.1, 0.15) is 12.4 Å². The molecular formula is C21H19F4N5O3. The van der Waals surface area contributed by atoms with E-state index in [0.717, 1.165) is 31.7 Å². The first-order valence-corrected chi connectivity index (χ1v) is 10.1.